The van der Waals surface area contributed by atoms with Crippen LogP contribution in [-0.2, 0) is 4.79 Å². The quantitative estimate of drug-likeness (QED) is 0.833. The van der Waals surface area contributed by atoms with Crippen LogP contribution in [0.2, 0.25) is 0 Å². The van der Waals surface area contributed by atoms with Gasteiger partial charge in [-0.3, -0.25) is 9.59 Å². The van der Waals surface area contributed by atoms with Crippen molar-refractivity contribution in [2.24, 2.45) is 5.92 Å². The summed E-state index contributed by atoms with van der Waals surface area (Å²) >= 11 is 0. The van der Waals surface area contributed by atoms with Crippen molar-refractivity contribution in [3.05, 3.63) is 35.4 Å². The Hall–Kier alpha value is -1.98. The van der Waals surface area contributed by atoms with E-state index >= 15 is 0 Å². The average Bonchev–Trinajstić information content (AvgIpc) is 2.36. The molecule has 1 unspecified atom stereocenters. The highest BCUT2D eigenvalue weighted by molar-refractivity contribution is 5.94. The zero-order valence-electron chi connectivity index (χ0n) is 10.5. The van der Waals surface area contributed by atoms with Gasteiger partial charge in [-0.2, -0.15) is 0 Å². The molecule has 0 bridgehead atoms. The van der Waals surface area contributed by atoms with Gasteiger partial charge in [-0.15, -0.1) is 0 Å². The van der Waals surface area contributed by atoms with Crippen LogP contribution in [0.15, 0.2) is 18.2 Å². The number of amides is 1. The standard InChI is InChI=1S/C13H15F2NO3/c1-8(2-5-12(17)18)7-16-13(19)9-3-4-10(14)11(15)6-9/h3-4,6,8H,2,5,7H2,1H3,(H,16,19)(H,17,18). The van der Waals surface area contributed by atoms with E-state index in [2.05, 4.69) is 5.32 Å². The summed E-state index contributed by atoms with van der Waals surface area (Å²) in [5, 5.41) is 11.1. The van der Waals surface area contributed by atoms with E-state index in [4.69, 9.17) is 5.11 Å². The van der Waals surface area contributed by atoms with Crippen LogP contribution >= 0.6 is 0 Å². The fraction of sp³-hybridized carbons (Fsp3) is 0.385. The molecule has 0 spiro atoms. The van der Waals surface area contributed by atoms with E-state index in [0.29, 0.717) is 6.42 Å². The van der Waals surface area contributed by atoms with Gasteiger partial charge in [-0.05, 0) is 30.5 Å². The summed E-state index contributed by atoms with van der Waals surface area (Å²) in [6, 6.07) is 2.90. The molecule has 1 rings (SSSR count). The third-order valence-electron chi connectivity index (χ3n) is 2.64. The second-order valence-electron chi connectivity index (χ2n) is 4.38. The van der Waals surface area contributed by atoms with Gasteiger partial charge in [-0.25, -0.2) is 8.78 Å². The lowest BCUT2D eigenvalue weighted by molar-refractivity contribution is -0.137. The van der Waals surface area contributed by atoms with Crippen LogP contribution < -0.4 is 5.32 Å². The van der Waals surface area contributed by atoms with Crippen molar-refractivity contribution in [2.75, 3.05) is 6.54 Å². The summed E-state index contributed by atoms with van der Waals surface area (Å²) in [6.07, 6.45) is 0.468. The van der Waals surface area contributed by atoms with E-state index in [-0.39, 0.29) is 24.4 Å². The molecule has 0 fully saturated rings. The zero-order chi connectivity index (χ0) is 14.4. The van der Waals surface area contributed by atoms with Gasteiger partial charge < -0.3 is 10.4 Å². The Bertz CT molecular complexity index is 477. The first-order valence-corrected chi connectivity index (χ1v) is 5.85. The van der Waals surface area contributed by atoms with Crippen LogP contribution in [-0.4, -0.2) is 23.5 Å². The lowest BCUT2D eigenvalue weighted by atomic mass is 10.1. The first-order chi connectivity index (χ1) is 8.90. The maximum Gasteiger partial charge on any atom is 0.303 e. The van der Waals surface area contributed by atoms with E-state index in [1.807, 2.05) is 0 Å². The van der Waals surface area contributed by atoms with Gasteiger partial charge in [0, 0.05) is 18.5 Å². The molecule has 0 saturated heterocycles. The molecule has 6 heteroatoms. The van der Waals surface area contributed by atoms with Gasteiger partial charge >= 0.3 is 5.97 Å². The summed E-state index contributed by atoms with van der Waals surface area (Å²) in [5.74, 6) is -3.50. The lowest BCUT2D eigenvalue weighted by Crippen LogP contribution is -2.28. The van der Waals surface area contributed by atoms with Crippen LogP contribution in [0, 0.1) is 17.6 Å². The molecule has 1 aromatic rings. The second-order valence-corrected chi connectivity index (χ2v) is 4.38. The topological polar surface area (TPSA) is 66.4 Å². The lowest BCUT2D eigenvalue weighted by Gasteiger charge is -2.11. The molecule has 19 heavy (non-hydrogen) atoms. The summed E-state index contributed by atoms with van der Waals surface area (Å²) in [4.78, 5) is 22.0. The molecule has 1 amide bonds. The number of carboxylic acid groups (broad SMARTS) is 1. The minimum Gasteiger partial charge on any atom is -0.481 e. The van der Waals surface area contributed by atoms with Crippen molar-refractivity contribution in [3.8, 4) is 0 Å². The number of carbonyl (C=O) groups excluding carboxylic acids is 1. The van der Waals surface area contributed by atoms with E-state index < -0.39 is 23.5 Å². The molecule has 0 radical (unpaired) electrons. The van der Waals surface area contributed by atoms with Crippen molar-refractivity contribution in [1.82, 2.24) is 5.32 Å². The molecule has 4 nitrogen and oxygen atoms in total. The summed E-state index contributed by atoms with van der Waals surface area (Å²) < 4.78 is 25.6. The molecule has 0 aromatic heterocycles. The average molecular weight is 271 g/mol. The van der Waals surface area contributed by atoms with Gasteiger partial charge in [0.1, 0.15) is 0 Å². The molecule has 2 N–H and O–H groups in total. The van der Waals surface area contributed by atoms with E-state index in [9.17, 15) is 18.4 Å². The minimum absolute atomic E-state index is 0.00894. The first-order valence-electron chi connectivity index (χ1n) is 5.85. The largest absolute Gasteiger partial charge is 0.481 e. The second kappa shape index (κ2) is 6.82. The minimum atomic E-state index is -1.08. The number of halogens is 2. The highest BCUT2D eigenvalue weighted by Crippen LogP contribution is 2.09. The van der Waals surface area contributed by atoms with Crippen LogP contribution in [0.4, 0.5) is 8.78 Å². The molecular formula is C13H15F2NO3. The van der Waals surface area contributed by atoms with Gasteiger partial charge in [0.25, 0.3) is 5.91 Å². The molecule has 0 heterocycles. The molecule has 104 valence electrons. The van der Waals surface area contributed by atoms with Gasteiger partial charge in [-0.1, -0.05) is 6.92 Å². The normalized spacial score (nSPS) is 11.9. The number of nitrogens with one attached hydrogen (secondary N) is 1. The Morgan fingerprint density at radius 2 is 2.00 bits per heavy atom. The Labute approximate surface area is 109 Å². The Morgan fingerprint density at radius 1 is 1.32 bits per heavy atom. The van der Waals surface area contributed by atoms with Crippen molar-refractivity contribution in [2.45, 2.75) is 19.8 Å². The number of carbonyl (C=O) groups is 2. The SMILES string of the molecule is CC(CCC(=O)O)CNC(=O)c1ccc(F)c(F)c1. The van der Waals surface area contributed by atoms with E-state index in [0.717, 1.165) is 12.1 Å². The molecule has 1 aromatic carbocycles. The number of benzene rings is 1. The third kappa shape index (κ3) is 5.03. The number of hydrogen-bond acceptors (Lipinski definition) is 2. The fourth-order valence-corrected chi connectivity index (χ4v) is 1.48. The maximum absolute atomic E-state index is 12.9. The smallest absolute Gasteiger partial charge is 0.303 e. The molecule has 0 aliphatic heterocycles. The number of rotatable bonds is 6. The van der Waals surface area contributed by atoms with Crippen LogP contribution in [0.1, 0.15) is 30.1 Å². The molecular weight excluding hydrogens is 256 g/mol. The van der Waals surface area contributed by atoms with Crippen LogP contribution in [0.5, 0.6) is 0 Å². The molecule has 0 aliphatic carbocycles. The predicted octanol–water partition coefficient (Wildman–Crippen LogP) is 2.20. The zero-order valence-corrected chi connectivity index (χ0v) is 10.5. The van der Waals surface area contributed by atoms with Gasteiger partial charge in [0.05, 0.1) is 0 Å². The van der Waals surface area contributed by atoms with Gasteiger partial charge in [0.2, 0.25) is 0 Å². The monoisotopic (exact) mass is 271 g/mol. The Morgan fingerprint density at radius 3 is 2.58 bits per heavy atom. The molecule has 0 aliphatic rings. The number of aliphatic carboxylic acids is 1. The van der Waals surface area contributed by atoms with Crippen LogP contribution in [0.3, 0.4) is 0 Å². The summed E-state index contributed by atoms with van der Waals surface area (Å²) in [6.45, 7) is 2.08. The first kappa shape index (κ1) is 15.1. The van der Waals surface area contributed by atoms with Crippen LogP contribution in [0.25, 0.3) is 0 Å². The van der Waals surface area contributed by atoms with E-state index in [1.54, 1.807) is 6.92 Å². The molecule has 0 saturated carbocycles. The van der Waals surface area contributed by atoms with Crippen molar-refractivity contribution in [1.29, 1.82) is 0 Å². The fourth-order valence-electron chi connectivity index (χ4n) is 1.48. The predicted molar refractivity (Wildman–Crippen MR) is 64.7 cm³/mol. The van der Waals surface area contributed by atoms with Gasteiger partial charge in [0.15, 0.2) is 11.6 Å². The Balaban J connectivity index is 2.46. The summed E-state index contributed by atoms with van der Waals surface area (Å²) in [7, 11) is 0. The Kier molecular flexibility index (Phi) is 5.41. The van der Waals surface area contributed by atoms with E-state index in [1.165, 1.54) is 6.07 Å². The third-order valence-corrected chi connectivity index (χ3v) is 2.64. The molecule has 1 atom stereocenters. The highest BCUT2D eigenvalue weighted by Gasteiger charge is 2.11. The van der Waals surface area contributed by atoms with Crippen molar-refractivity contribution < 1.29 is 23.5 Å². The van der Waals surface area contributed by atoms with Crippen molar-refractivity contribution in [3.63, 3.8) is 0 Å². The summed E-state index contributed by atoms with van der Waals surface area (Å²) in [5.41, 5.74) is 0.0318. The maximum atomic E-state index is 12.9. The number of hydrogen-bond donors (Lipinski definition) is 2. The van der Waals surface area contributed by atoms with Crippen molar-refractivity contribution >= 4 is 11.9 Å². The highest BCUT2D eigenvalue weighted by atomic mass is 19.2. The number of carboxylic acids is 1.